The Morgan fingerprint density at radius 3 is 2.80 bits per heavy atom. The number of carbonyl (C=O) groups excluding carboxylic acids is 1. The number of hydrogen-bond donors (Lipinski definition) is 1. The third kappa shape index (κ3) is 3.74. The Morgan fingerprint density at radius 1 is 1.80 bits per heavy atom. The van der Waals surface area contributed by atoms with Crippen LogP contribution in [0.3, 0.4) is 0 Å². The molecule has 0 spiro atoms. The number of rotatable bonds is 4. The molecule has 0 aliphatic carbocycles. The van der Waals surface area contributed by atoms with Gasteiger partial charge in [-0.3, -0.25) is 4.79 Å². The molecule has 60 valence electrons. The van der Waals surface area contributed by atoms with Crippen molar-refractivity contribution in [3.63, 3.8) is 0 Å². The second kappa shape index (κ2) is 5.56. The first-order valence-electron chi connectivity index (χ1n) is 3.04. The van der Waals surface area contributed by atoms with Crippen molar-refractivity contribution in [3.05, 3.63) is 0 Å². The van der Waals surface area contributed by atoms with E-state index in [1.165, 1.54) is 7.11 Å². The summed E-state index contributed by atoms with van der Waals surface area (Å²) in [5, 5.41) is 0. The Bertz CT molecular complexity index is 108. The molecule has 0 aliphatic heterocycles. The van der Waals surface area contributed by atoms with E-state index in [2.05, 4.69) is 4.74 Å². The smallest absolute Gasteiger partial charge is 0.322 e. The van der Waals surface area contributed by atoms with E-state index in [9.17, 15) is 4.79 Å². The minimum Gasteiger partial charge on any atom is -0.468 e. The van der Waals surface area contributed by atoms with E-state index in [1.807, 2.05) is 6.26 Å². The quantitative estimate of drug-likeness (QED) is 0.477. The first-order chi connectivity index (χ1) is 4.72. The van der Waals surface area contributed by atoms with Crippen LogP contribution in [-0.4, -0.2) is 31.1 Å². The van der Waals surface area contributed by atoms with E-state index >= 15 is 0 Å². The molecule has 0 saturated heterocycles. The van der Waals surface area contributed by atoms with Gasteiger partial charge in [0.1, 0.15) is 6.04 Å². The van der Waals surface area contributed by atoms with Crippen molar-refractivity contribution >= 4 is 17.7 Å². The number of methoxy groups -OCH3 is 1. The van der Waals surface area contributed by atoms with Gasteiger partial charge in [-0.2, -0.15) is 11.8 Å². The molecule has 0 radical (unpaired) electrons. The summed E-state index contributed by atoms with van der Waals surface area (Å²) in [6.45, 7) is 0. The van der Waals surface area contributed by atoms with Gasteiger partial charge in [0.05, 0.1) is 7.11 Å². The van der Waals surface area contributed by atoms with E-state index in [0.717, 1.165) is 5.75 Å². The van der Waals surface area contributed by atoms with Crippen molar-refractivity contribution in [1.29, 1.82) is 0 Å². The fourth-order valence-electron chi connectivity index (χ4n) is 0.514. The summed E-state index contributed by atoms with van der Waals surface area (Å²) in [7, 11) is 1.35. The Balaban J connectivity index is 3.41. The van der Waals surface area contributed by atoms with E-state index in [1.54, 1.807) is 11.8 Å². The maximum atomic E-state index is 10.7. The lowest BCUT2D eigenvalue weighted by Gasteiger charge is -2.06. The van der Waals surface area contributed by atoms with Crippen molar-refractivity contribution in [1.82, 2.24) is 0 Å². The lowest BCUT2D eigenvalue weighted by Crippen LogP contribution is -2.31. The highest BCUT2D eigenvalue weighted by molar-refractivity contribution is 7.98. The minimum absolute atomic E-state index is 0.325. The topological polar surface area (TPSA) is 52.3 Å². The molecule has 0 aromatic heterocycles. The Morgan fingerprint density at radius 2 is 2.40 bits per heavy atom. The van der Waals surface area contributed by atoms with Crippen molar-refractivity contribution in [2.45, 2.75) is 12.5 Å². The molecule has 4 heteroatoms. The first-order valence-corrected chi connectivity index (χ1v) is 4.44. The second-order valence-electron chi connectivity index (χ2n) is 1.91. The highest BCUT2D eigenvalue weighted by Gasteiger charge is 2.11. The molecule has 10 heavy (non-hydrogen) atoms. The predicted molar refractivity (Wildman–Crippen MR) is 43.0 cm³/mol. The van der Waals surface area contributed by atoms with Gasteiger partial charge >= 0.3 is 5.97 Å². The lowest BCUT2D eigenvalue weighted by molar-refractivity contribution is -0.142. The summed E-state index contributed by atoms with van der Waals surface area (Å²) in [5.74, 6) is 0.574. The highest BCUT2D eigenvalue weighted by Crippen LogP contribution is 1.99. The van der Waals surface area contributed by atoms with Crippen LogP contribution in [0.4, 0.5) is 0 Å². The summed E-state index contributed by atoms with van der Waals surface area (Å²) < 4.78 is 4.44. The van der Waals surface area contributed by atoms with Crippen LogP contribution in [0, 0.1) is 0 Å². The van der Waals surface area contributed by atoms with E-state index in [0.29, 0.717) is 6.42 Å². The maximum absolute atomic E-state index is 10.7. The van der Waals surface area contributed by atoms with E-state index in [4.69, 9.17) is 5.73 Å². The summed E-state index contributed by atoms with van der Waals surface area (Å²) in [4.78, 5) is 10.7. The Labute approximate surface area is 65.3 Å². The predicted octanol–water partition coefficient (Wildman–Crippen LogP) is 0.240. The molecule has 0 heterocycles. The molecule has 0 aromatic rings. The number of esters is 1. The van der Waals surface area contributed by atoms with Crippen LogP contribution in [0.15, 0.2) is 0 Å². The van der Waals surface area contributed by atoms with Crippen LogP contribution in [0.25, 0.3) is 0 Å². The monoisotopic (exact) mass is 164 g/mol. The van der Waals surface area contributed by atoms with Gasteiger partial charge in [-0.1, -0.05) is 0 Å². The molecule has 0 rings (SSSR count). The number of ether oxygens (including phenoxy) is 1. The van der Waals surface area contributed by atoms with Gasteiger partial charge in [0.25, 0.3) is 0 Å². The molecular formula is C6H13NO2S. The van der Waals surface area contributed by atoms with Crippen LogP contribution in [0.5, 0.6) is 0 Å². The van der Waals surface area contributed by atoms with E-state index in [-0.39, 0.29) is 5.97 Å². The van der Waals surface area contributed by atoms with Crippen LogP contribution in [0.2, 0.25) is 0 Å². The second-order valence-corrected chi connectivity index (χ2v) is 2.90. The molecule has 0 unspecified atom stereocenters. The van der Waals surface area contributed by atoms with Gasteiger partial charge in [0, 0.05) is 0 Å². The van der Waals surface area contributed by atoms with Crippen molar-refractivity contribution in [2.75, 3.05) is 19.1 Å². The van der Waals surface area contributed by atoms with Gasteiger partial charge in [-0.15, -0.1) is 0 Å². The largest absolute Gasteiger partial charge is 0.468 e. The molecule has 2 N–H and O–H groups in total. The normalized spacial score (nSPS) is 12.7. The molecule has 0 fully saturated rings. The average Bonchev–Trinajstić information content (AvgIpc) is 1.98. The number of carbonyl (C=O) groups is 1. The fourth-order valence-corrected chi connectivity index (χ4v) is 1.00. The van der Waals surface area contributed by atoms with Crippen molar-refractivity contribution in [3.8, 4) is 0 Å². The summed E-state index contributed by atoms with van der Waals surface area (Å²) in [5.41, 5.74) is 5.43. The third-order valence-electron chi connectivity index (χ3n) is 1.14. The molecule has 1 atom stereocenters. The van der Waals surface area contributed by atoms with Crippen molar-refractivity contribution < 1.29 is 9.53 Å². The zero-order chi connectivity index (χ0) is 7.98. The van der Waals surface area contributed by atoms with Gasteiger partial charge in [-0.25, -0.2) is 0 Å². The Kier molecular flexibility index (Phi) is 5.43. The summed E-state index contributed by atoms with van der Waals surface area (Å²) >= 11 is 1.67. The zero-order valence-electron chi connectivity index (χ0n) is 6.29. The molecule has 0 amide bonds. The lowest BCUT2D eigenvalue weighted by atomic mass is 10.2. The zero-order valence-corrected chi connectivity index (χ0v) is 7.11. The van der Waals surface area contributed by atoms with Gasteiger partial charge < -0.3 is 10.5 Å². The number of thioether (sulfide) groups is 1. The SMILES string of the molecule is CSCC[C@H](N)C(=O)O[13CH3]. The highest BCUT2D eigenvalue weighted by atomic mass is 32.2. The Hall–Kier alpha value is -0.220. The molecule has 0 bridgehead atoms. The van der Waals surface area contributed by atoms with Crippen molar-refractivity contribution in [2.24, 2.45) is 5.73 Å². The first kappa shape index (κ1) is 9.78. The average molecular weight is 164 g/mol. The fraction of sp³-hybridized carbons (Fsp3) is 0.833. The molecule has 0 aromatic carbocycles. The van der Waals surface area contributed by atoms with E-state index < -0.39 is 6.04 Å². The molecule has 0 aliphatic rings. The third-order valence-corrected chi connectivity index (χ3v) is 1.78. The van der Waals surface area contributed by atoms with Gasteiger partial charge in [0.15, 0.2) is 0 Å². The van der Waals surface area contributed by atoms with Gasteiger partial charge in [0.2, 0.25) is 0 Å². The molecule has 0 saturated carbocycles. The number of hydrogen-bond acceptors (Lipinski definition) is 4. The number of nitrogens with two attached hydrogens (primary N) is 1. The maximum Gasteiger partial charge on any atom is 0.322 e. The molecule has 3 nitrogen and oxygen atoms in total. The summed E-state index contributed by atoms with van der Waals surface area (Å²) in [6, 6.07) is -0.447. The van der Waals surface area contributed by atoms with Crippen LogP contribution in [-0.2, 0) is 9.53 Å². The van der Waals surface area contributed by atoms with Crippen LogP contribution in [0.1, 0.15) is 6.42 Å². The standard InChI is InChI=1S/C6H13NO2S/c1-9-6(8)5(7)3-4-10-2/h5H,3-4,7H2,1-2H3/t5-/m0/s1/i1+1. The van der Waals surface area contributed by atoms with Crippen LogP contribution >= 0.6 is 11.8 Å². The summed E-state index contributed by atoms with van der Waals surface area (Å²) in [6.07, 6.45) is 2.66. The molecular weight excluding hydrogens is 151 g/mol. The van der Waals surface area contributed by atoms with Crippen LogP contribution < -0.4 is 5.73 Å². The van der Waals surface area contributed by atoms with Gasteiger partial charge in [-0.05, 0) is 18.4 Å². The minimum atomic E-state index is -0.447.